The first-order chi connectivity index (χ1) is 7.18. The molecule has 4 nitrogen and oxygen atoms in total. The first-order valence-electron chi connectivity index (χ1n) is 5.00. The van der Waals surface area contributed by atoms with Crippen molar-refractivity contribution >= 4 is 5.91 Å². The average molecular weight is 207 g/mol. The number of hydrogen-bond donors (Lipinski definition) is 2. The van der Waals surface area contributed by atoms with Crippen molar-refractivity contribution in [1.29, 1.82) is 0 Å². The molecule has 0 atom stereocenters. The van der Waals surface area contributed by atoms with Gasteiger partial charge in [-0.05, 0) is 31.0 Å². The third-order valence-corrected chi connectivity index (χ3v) is 2.60. The van der Waals surface area contributed by atoms with Gasteiger partial charge >= 0.3 is 0 Å². The highest BCUT2D eigenvalue weighted by molar-refractivity contribution is 5.97. The van der Waals surface area contributed by atoms with Crippen LogP contribution < -0.4 is 0 Å². The van der Waals surface area contributed by atoms with Gasteiger partial charge in [-0.3, -0.25) is 4.79 Å². The second kappa shape index (κ2) is 3.81. The van der Waals surface area contributed by atoms with Crippen molar-refractivity contribution in [2.24, 2.45) is 0 Å². The van der Waals surface area contributed by atoms with E-state index in [-0.39, 0.29) is 23.0 Å². The number of likely N-dealkylation sites (tertiary alicyclic amines) is 1. The van der Waals surface area contributed by atoms with Crippen LogP contribution in [0.1, 0.15) is 23.2 Å². The summed E-state index contributed by atoms with van der Waals surface area (Å²) in [6.45, 7) is 1.46. The lowest BCUT2D eigenvalue weighted by molar-refractivity contribution is 0.0789. The number of aromatic hydroxyl groups is 2. The highest BCUT2D eigenvalue weighted by Gasteiger charge is 2.22. The highest BCUT2D eigenvalue weighted by atomic mass is 16.3. The maximum atomic E-state index is 11.9. The van der Waals surface area contributed by atoms with E-state index in [1.54, 1.807) is 4.90 Å². The van der Waals surface area contributed by atoms with E-state index in [0.717, 1.165) is 25.9 Å². The number of amides is 1. The largest absolute Gasteiger partial charge is 0.508 e. The van der Waals surface area contributed by atoms with E-state index in [4.69, 9.17) is 0 Å². The molecule has 0 unspecified atom stereocenters. The topological polar surface area (TPSA) is 60.8 Å². The van der Waals surface area contributed by atoms with Gasteiger partial charge in [-0.2, -0.15) is 0 Å². The normalized spacial score (nSPS) is 15.6. The van der Waals surface area contributed by atoms with Gasteiger partial charge in [0.1, 0.15) is 11.5 Å². The van der Waals surface area contributed by atoms with Crippen LogP contribution in [0.2, 0.25) is 0 Å². The molecular weight excluding hydrogens is 194 g/mol. The summed E-state index contributed by atoms with van der Waals surface area (Å²) in [7, 11) is 0. The van der Waals surface area contributed by atoms with Crippen molar-refractivity contribution in [2.75, 3.05) is 13.1 Å². The number of carbonyl (C=O) groups is 1. The number of phenols is 2. The first-order valence-corrected chi connectivity index (χ1v) is 5.00. The van der Waals surface area contributed by atoms with Gasteiger partial charge in [-0.15, -0.1) is 0 Å². The lowest BCUT2D eigenvalue weighted by Crippen LogP contribution is -2.27. The molecule has 1 saturated heterocycles. The van der Waals surface area contributed by atoms with Crippen LogP contribution in [-0.2, 0) is 0 Å². The van der Waals surface area contributed by atoms with Gasteiger partial charge in [0, 0.05) is 13.1 Å². The molecule has 0 aliphatic carbocycles. The average Bonchev–Trinajstić information content (AvgIpc) is 2.74. The van der Waals surface area contributed by atoms with Gasteiger partial charge in [0.2, 0.25) is 0 Å². The Morgan fingerprint density at radius 2 is 1.87 bits per heavy atom. The molecule has 2 rings (SSSR count). The molecule has 15 heavy (non-hydrogen) atoms. The number of hydrogen-bond acceptors (Lipinski definition) is 3. The Bertz CT molecular complexity index is 383. The molecule has 0 saturated carbocycles. The van der Waals surface area contributed by atoms with Crippen LogP contribution >= 0.6 is 0 Å². The zero-order valence-electron chi connectivity index (χ0n) is 8.31. The molecule has 1 aromatic rings. The van der Waals surface area contributed by atoms with E-state index in [9.17, 15) is 15.0 Å². The van der Waals surface area contributed by atoms with Crippen LogP contribution in [0.3, 0.4) is 0 Å². The lowest BCUT2D eigenvalue weighted by Gasteiger charge is -2.15. The van der Waals surface area contributed by atoms with Crippen LogP contribution in [0.4, 0.5) is 0 Å². The number of phenolic OH excluding ortho intramolecular Hbond substituents is 2. The van der Waals surface area contributed by atoms with Crippen molar-refractivity contribution in [3.05, 3.63) is 23.8 Å². The van der Waals surface area contributed by atoms with Gasteiger partial charge < -0.3 is 15.1 Å². The van der Waals surface area contributed by atoms with Crippen molar-refractivity contribution in [2.45, 2.75) is 12.8 Å². The Kier molecular flexibility index (Phi) is 2.49. The second-order valence-corrected chi connectivity index (χ2v) is 3.70. The Balaban J connectivity index is 2.27. The number of carbonyl (C=O) groups excluding carboxylic acids is 1. The van der Waals surface area contributed by atoms with Crippen molar-refractivity contribution < 1.29 is 15.0 Å². The Morgan fingerprint density at radius 3 is 2.53 bits per heavy atom. The zero-order valence-corrected chi connectivity index (χ0v) is 8.31. The number of nitrogens with zero attached hydrogens (tertiary/aromatic N) is 1. The van der Waals surface area contributed by atoms with E-state index in [1.807, 2.05) is 0 Å². The number of benzene rings is 1. The standard InChI is InChI=1S/C11H13NO3/c13-8-3-4-10(14)9(7-8)11(15)12-5-1-2-6-12/h3-4,7,13-14H,1-2,5-6H2. The molecule has 1 aromatic carbocycles. The van der Waals surface area contributed by atoms with E-state index < -0.39 is 0 Å². The fraction of sp³-hybridized carbons (Fsp3) is 0.364. The second-order valence-electron chi connectivity index (χ2n) is 3.70. The van der Waals surface area contributed by atoms with Gasteiger partial charge in [-0.25, -0.2) is 0 Å². The summed E-state index contributed by atoms with van der Waals surface area (Å²) in [5, 5.41) is 18.8. The maximum Gasteiger partial charge on any atom is 0.257 e. The summed E-state index contributed by atoms with van der Waals surface area (Å²) < 4.78 is 0. The quantitative estimate of drug-likeness (QED) is 0.683. The van der Waals surface area contributed by atoms with Gasteiger partial charge in [-0.1, -0.05) is 0 Å². The van der Waals surface area contributed by atoms with Gasteiger partial charge in [0.15, 0.2) is 0 Å². The minimum absolute atomic E-state index is 0.00431. The summed E-state index contributed by atoms with van der Waals surface area (Å²) >= 11 is 0. The molecule has 0 bridgehead atoms. The minimum atomic E-state index is -0.207. The van der Waals surface area contributed by atoms with E-state index >= 15 is 0 Å². The molecule has 1 amide bonds. The summed E-state index contributed by atoms with van der Waals surface area (Å²) in [4.78, 5) is 13.6. The van der Waals surface area contributed by atoms with Crippen LogP contribution in [0.25, 0.3) is 0 Å². The van der Waals surface area contributed by atoms with Crippen LogP contribution in [-0.4, -0.2) is 34.1 Å². The van der Waals surface area contributed by atoms with Crippen molar-refractivity contribution in [1.82, 2.24) is 4.90 Å². The van der Waals surface area contributed by atoms with Crippen molar-refractivity contribution in [3.8, 4) is 11.5 Å². The molecule has 0 radical (unpaired) electrons. The van der Waals surface area contributed by atoms with E-state index in [1.165, 1.54) is 18.2 Å². The van der Waals surface area contributed by atoms with Crippen molar-refractivity contribution in [3.63, 3.8) is 0 Å². The molecule has 1 aliphatic heterocycles. The first kappa shape index (κ1) is 9.83. The third kappa shape index (κ3) is 1.88. The predicted octanol–water partition coefficient (Wildman–Crippen LogP) is 1.33. The summed E-state index contributed by atoms with van der Waals surface area (Å²) in [6, 6.07) is 3.99. The predicted molar refractivity (Wildman–Crippen MR) is 54.9 cm³/mol. The van der Waals surface area contributed by atoms with Crippen LogP contribution in [0.15, 0.2) is 18.2 Å². The minimum Gasteiger partial charge on any atom is -0.508 e. The SMILES string of the molecule is O=C(c1cc(O)ccc1O)N1CCCC1. The molecular formula is C11H13NO3. The summed E-state index contributed by atoms with van der Waals surface area (Å²) in [5.41, 5.74) is 0.178. The molecule has 0 aromatic heterocycles. The lowest BCUT2D eigenvalue weighted by atomic mass is 10.1. The molecule has 1 aliphatic rings. The van der Waals surface area contributed by atoms with E-state index in [0.29, 0.717) is 0 Å². The van der Waals surface area contributed by atoms with Crippen LogP contribution in [0, 0.1) is 0 Å². The Morgan fingerprint density at radius 1 is 1.20 bits per heavy atom. The summed E-state index contributed by atoms with van der Waals surface area (Å²) in [5.74, 6) is -0.291. The van der Waals surface area contributed by atoms with E-state index in [2.05, 4.69) is 0 Å². The fourth-order valence-electron chi connectivity index (χ4n) is 1.79. The Labute approximate surface area is 87.8 Å². The smallest absolute Gasteiger partial charge is 0.257 e. The van der Waals surface area contributed by atoms with Crippen LogP contribution in [0.5, 0.6) is 11.5 Å². The third-order valence-electron chi connectivity index (χ3n) is 2.60. The summed E-state index contributed by atoms with van der Waals surface area (Å²) in [6.07, 6.45) is 2.01. The Hall–Kier alpha value is -1.71. The molecule has 80 valence electrons. The zero-order chi connectivity index (χ0) is 10.8. The number of rotatable bonds is 1. The molecule has 4 heteroatoms. The monoisotopic (exact) mass is 207 g/mol. The molecule has 1 heterocycles. The highest BCUT2D eigenvalue weighted by Crippen LogP contribution is 2.24. The molecule has 1 fully saturated rings. The molecule has 2 N–H and O–H groups in total. The van der Waals surface area contributed by atoms with Gasteiger partial charge in [0.05, 0.1) is 5.56 Å². The fourth-order valence-corrected chi connectivity index (χ4v) is 1.79. The molecule has 0 spiro atoms. The maximum absolute atomic E-state index is 11.9. The van der Waals surface area contributed by atoms with Gasteiger partial charge in [0.25, 0.3) is 5.91 Å².